The molecule has 2 aliphatic rings. The number of benzene rings is 1. The molecular formula is C26H25F4N7O2. The van der Waals surface area contributed by atoms with E-state index in [-0.39, 0.29) is 28.8 Å². The van der Waals surface area contributed by atoms with Gasteiger partial charge in [0.15, 0.2) is 29.5 Å². The molecule has 0 amide bonds. The Hall–Kier alpha value is -3.89. The molecule has 0 saturated carbocycles. The summed E-state index contributed by atoms with van der Waals surface area (Å²) in [5, 5.41) is 7.69. The van der Waals surface area contributed by atoms with E-state index in [0.29, 0.717) is 29.2 Å². The molecule has 0 radical (unpaired) electrons. The van der Waals surface area contributed by atoms with Gasteiger partial charge in [-0.05, 0) is 37.8 Å². The highest BCUT2D eigenvalue weighted by Gasteiger charge is 2.47. The molecule has 2 aliphatic heterocycles. The number of nitrogens with one attached hydrogen (secondary N) is 1. The standard InChI is InChI=1S/C26H25F4N7O2/c1-15-21(31)25(13-38-15)7-10-36(11-8-25)24-33-22-19(23-32-9-12-37(23)24)17(34-35-22)6-5-16-3-2-4-18(20(16)27)39-14-26(28,29)30/h2-4,9,12,15,21H,7-8,10-11,13-14,31H2,1H3,(H,34,35)/t15-,21+/m0/s1. The maximum Gasteiger partial charge on any atom is 0.422 e. The molecule has 0 aliphatic carbocycles. The molecule has 39 heavy (non-hydrogen) atoms. The molecule has 13 heteroatoms. The van der Waals surface area contributed by atoms with Crippen LogP contribution in [0.1, 0.15) is 31.0 Å². The molecule has 2 saturated heterocycles. The average molecular weight is 544 g/mol. The summed E-state index contributed by atoms with van der Waals surface area (Å²) < 4.78 is 64.5. The minimum Gasteiger partial charge on any atom is -0.481 e. The Morgan fingerprint density at radius 2 is 2.05 bits per heavy atom. The molecule has 1 spiro atoms. The summed E-state index contributed by atoms with van der Waals surface area (Å²) in [6.45, 7) is 2.58. The van der Waals surface area contributed by atoms with E-state index in [0.717, 1.165) is 32.0 Å². The molecule has 204 valence electrons. The Morgan fingerprint density at radius 1 is 1.26 bits per heavy atom. The SMILES string of the molecule is C[C@@H]1OCC2(CCN(c3nc4[nH]nc(C#Cc5cccc(OCC(F)(F)F)c5F)c4c4nccn34)CC2)[C@@H]1N. The Labute approximate surface area is 220 Å². The monoisotopic (exact) mass is 543 g/mol. The van der Waals surface area contributed by atoms with Crippen LogP contribution in [0.5, 0.6) is 5.75 Å². The summed E-state index contributed by atoms with van der Waals surface area (Å²) in [5.74, 6) is 4.64. The zero-order valence-electron chi connectivity index (χ0n) is 20.9. The second-order valence-electron chi connectivity index (χ2n) is 9.99. The van der Waals surface area contributed by atoms with Crippen molar-refractivity contribution in [2.24, 2.45) is 11.1 Å². The fourth-order valence-electron chi connectivity index (χ4n) is 5.37. The quantitative estimate of drug-likeness (QED) is 0.301. The molecule has 0 bridgehead atoms. The van der Waals surface area contributed by atoms with E-state index in [1.165, 1.54) is 12.1 Å². The summed E-state index contributed by atoms with van der Waals surface area (Å²) in [5.41, 5.74) is 7.63. The summed E-state index contributed by atoms with van der Waals surface area (Å²) in [6, 6.07) is 3.84. The van der Waals surface area contributed by atoms with Crippen LogP contribution in [0.3, 0.4) is 0 Å². The zero-order valence-corrected chi connectivity index (χ0v) is 20.9. The van der Waals surface area contributed by atoms with Crippen molar-refractivity contribution in [2.45, 2.75) is 38.1 Å². The number of nitrogens with two attached hydrogens (primary N) is 1. The summed E-state index contributed by atoms with van der Waals surface area (Å²) in [6.07, 6.45) is 0.671. The first-order valence-corrected chi connectivity index (χ1v) is 12.5. The van der Waals surface area contributed by atoms with Gasteiger partial charge >= 0.3 is 6.18 Å². The van der Waals surface area contributed by atoms with Gasteiger partial charge in [0.25, 0.3) is 0 Å². The predicted octanol–water partition coefficient (Wildman–Crippen LogP) is 3.42. The predicted molar refractivity (Wildman–Crippen MR) is 134 cm³/mol. The van der Waals surface area contributed by atoms with Crippen molar-refractivity contribution in [3.63, 3.8) is 0 Å². The van der Waals surface area contributed by atoms with Gasteiger partial charge in [0.05, 0.1) is 23.7 Å². The van der Waals surface area contributed by atoms with Gasteiger partial charge in [-0.1, -0.05) is 12.0 Å². The number of ether oxygens (including phenoxy) is 2. The van der Waals surface area contributed by atoms with Crippen LogP contribution in [0.2, 0.25) is 0 Å². The smallest absolute Gasteiger partial charge is 0.422 e. The van der Waals surface area contributed by atoms with Crippen LogP contribution in [0.15, 0.2) is 30.6 Å². The normalized spacial score (nSPS) is 21.0. The molecule has 6 rings (SSSR count). The first-order valence-electron chi connectivity index (χ1n) is 12.5. The molecule has 3 N–H and O–H groups in total. The third-order valence-corrected chi connectivity index (χ3v) is 7.60. The number of alkyl halides is 3. The second kappa shape index (κ2) is 9.39. The van der Waals surface area contributed by atoms with E-state index in [1.54, 1.807) is 12.4 Å². The number of hydrogen-bond donors (Lipinski definition) is 2. The number of hydrogen-bond acceptors (Lipinski definition) is 7. The molecule has 2 atom stereocenters. The van der Waals surface area contributed by atoms with Crippen molar-refractivity contribution >= 4 is 22.6 Å². The maximum absolute atomic E-state index is 14.7. The number of halogens is 4. The summed E-state index contributed by atoms with van der Waals surface area (Å²) in [4.78, 5) is 11.5. The highest BCUT2D eigenvalue weighted by atomic mass is 19.4. The van der Waals surface area contributed by atoms with Crippen molar-refractivity contribution in [1.82, 2.24) is 24.6 Å². The Balaban J connectivity index is 1.29. The van der Waals surface area contributed by atoms with E-state index in [1.807, 2.05) is 11.3 Å². The molecule has 2 fully saturated rings. The van der Waals surface area contributed by atoms with Crippen molar-refractivity contribution in [3.8, 4) is 17.6 Å². The molecule has 1 aromatic carbocycles. The molecule has 9 nitrogen and oxygen atoms in total. The van der Waals surface area contributed by atoms with Crippen molar-refractivity contribution in [3.05, 3.63) is 47.7 Å². The fourth-order valence-corrected chi connectivity index (χ4v) is 5.37. The largest absolute Gasteiger partial charge is 0.481 e. The zero-order chi connectivity index (χ0) is 27.4. The van der Waals surface area contributed by atoms with Gasteiger partial charge in [0.1, 0.15) is 5.69 Å². The highest BCUT2D eigenvalue weighted by Crippen LogP contribution is 2.42. The molecule has 3 aromatic heterocycles. The van der Waals surface area contributed by atoms with Crippen LogP contribution >= 0.6 is 0 Å². The van der Waals surface area contributed by atoms with Crippen LogP contribution in [0.4, 0.5) is 23.5 Å². The van der Waals surface area contributed by atoms with Crippen LogP contribution in [0.25, 0.3) is 16.7 Å². The van der Waals surface area contributed by atoms with Gasteiger partial charge < -0.3 is 20.1 Å². The Kier molecular flexibility index (Phi) is 6.11. The van der Waals surface area contributed by atoms with E-state index >= 15 is 0 Å². The fraction of sp³-hybridized carbons (Fsp3) is 0.423. The van der Waals surface area contributed by atoms with Crippen LogP contribution < -0.4 is 15.4 Å². The van der Waals surface area contributed by atoms with E-state index in [2.05, 4.69) is 36.7 Å². The van der Waals surface area contributed by atoms with Gasteiger partial charge in [-0.3, -0.25) is 9.50 Å². The number of anilines is 1. The first kappa shape index (κ1) is 25.4. The van der Waals surface area contributed by atoms with Crippen LogP contribution in [-0.4, -0.2) is 69.2 Å². The average Bonchev–Trinajstić information content (AvgIpc) is 3.62. The van der Waals surface area contributed by atoms with Gasteiger partial charge in [0.2, 0.25) is 5.95 Å². The Bertz CT molecular complexity index is 1590. The second-order valence-corrected chi connectivity index (χ2v) is 9.99. The van der Waals surface area contributed by atoms with Crippen molar-refractivity contribution < 1.29 is 27.0 Å². The lowest BCUT2D eigenvalue weighted by molar-refractivity contribution is -0.153. The third kappa shape index (κ3) is 4.53. The number of imidazole rings is 1. The minimum atomic E-state index is -4.59. The molecular weight excluding hydrogens is 518 g/mol. The molecule has 4 aromatic rings. The lowest BCUT2D eigenvalue weighted by Gasteiger charge is -2.41. The van der Waals surface area contributed by atoms with E-state index in [4.69, 9.17) is 15.5 Å². The first-order chi connectivity index (χ1) is 18.7. The molecule has 0 unspecified atom stereocenters. The summed E-state index contributed by atoms with van der Waals surface area (Å²) in [7, 11) is 0. The number of aromatic nitrogens is 5. The minimum absolute atomic E-state index is 0.00109. The number of aromatic amines is 1. The number of H-pyrrole nitrogens is 1. The topological polar surface area (TPSA) is 107 Å². The van der Waals surface area contributed by atoms with E-state index < -0.39 is 24.3 Å². The number of rotatable bonds is 3. The van der Waals surface area contributed by atoms with Crippen LogP contribution in [0, 0.1) is 23.1 Å². The molecule has 5 heterocycles. The van der Waals surface area contributed by atoms with Gasteiger partial charge in [-0.15, -0.1) is 0 Å². The Morgan fingerprint density at radius 3 is 2.77 bits per heavy atom. The van der Waals surface area contributed by atoms with Crippen molar-refractivity contribution in [1.29, 1.82) is 0 Å². The van der Waals surface area contributed by atoms with Crippen molar-refractivity contribution in [2.75, 3.05) is 31.2 Å². The third-order valence-electron chi connectivity index (χ3n) is 7.60. The number of fused-ring (bicyclic) bond motifs is 3. The van der Waals surface area contributed by atoms with Crippen LogP contribution in [-0.2, 0) is 4.74 Å². The summed E-state index contributed by atoms with van der Waals surface area (Å²) >= 11 is 0. The van der Waals surface area contributed by atoms with Gasteiger partial charge in [-0.25, -0.2) is 9.37 Å². The number of piperidine rings is 1. The van der Waals surface area contributed by atoms with Gasteiger partial charge in [-0.2, -0.15) is 23.3 Å². The lowest BCUT2D eigenvalue weighted by atomic mass is 9.73. The van der Waals surface area contributed by atoms with Gasteiger partial charge in [0, 0.05) is 36.9 Å². The maximum atomic E-state index is 14.7. The van der Waals surface area contributed by atoms with E-state index in [9.17, 15) is 17.6 Å². The highest BCUT2D eigenvalue weighted by molar-refractivity contribution is 5.94. The lowest BCUT2D eigenvalue weighted by Crippen LogP contribution is -2.51. The number of nitrogens with zero attached hydrogens (tertiary/aromatic N) is 5.